The highest BCUT2D eigenvalue weighted by Gasteiger charge is 2.35. The number of hydrogen-bond acceptors (Lipinski definition) is 2. The maximum absolute atomic E-state index is 11.9. The van der Waals surface area contributed by atoms with Crippen LogP contribution >= 0.6 is 0 Å². The lowest BCUT2D eigenvalue weighted by molar-refractivity contribution is -0.141. The molecule has 0 aromatic carbocycles. The fraction of sp³-hybridized carbons (Fsp3) is 0.846. The van der Waals surface area contributed by atoms with Gasteiger partial charge in [0.15, 0.2) is 0 Å². The van der Waals surface area contributed by atoms with Crippen LogP contribution in [0.3, 0.4) is 0 Å². The van der Waals surface area contributed by atoms with Gasteiger partial charge in [-0.1, -0.05) is 26.7 Å². The van der Waals surface area contributed by atoms with E-state index >= 15 is 0 Å². The van der Waals surface area contributed by atoms with Crippen LogP contribution in [0.2, 0.25) is 0 Å². The average Bonchev–Trinajstić information content (AvgIpc) is 2.31. The topological polar surface area (TPSA) is 58.2 Å². The molecule has 0 unspecified atom stereocenters. The molecule has 0 aromatic rings. The molecule has 0 bridgehead atoms. The van der Waals surface area contributed by atoms with Gasteiger partial charge in [0.1, 0.15) is 5.41 Å². The lowest BCUT2D eigenvalue weighted by Crippen LogP contribution is -2.48. The van der Waals surface area contributed by atoms with Crippen LogP contribution in [0.5, 0.6) is 0 Å². The van der Waals surface area contributed by atoms with E-state index in [9.17, 15) is 9.59 Å². The van der Waals surface area contributed by atoms with Crippen LogP contribution in [0.25, 0.3) is 0 Å². The van der Waals surface area contributed by atoms with E-state index in [0.29, 0.717) is 13.1 Å². The minimum atomic E-state index is -0.985. The van der Waals surface area contributed by atoms with Gasteiger partial charge in [0, 0.05) is 13.1 Å². The van der Waals surface area contributed by atoms with Gasteiger partial charge in [0.05, 0.1) is 0 Å². The second-order valence-corrected chi connectivity index (χ2v) is 4.84. The lowest BCUT2D eigenvalue weighted by atomic mass is 9.91. The normalized spacial score (nSPS) is 11.1. The highest BCUT2D eigenvalue weighted by molar-refractivity contribution is 6.04. The smallest absolute Gasteiger partial charge is 0.235 e. The molecular formula is C13H26N2O2. The van der Waals surface area contributed by atoms with Gasteiger partial charge in [0.2, 0.25) is 11.8 Å². The van der Waals surface area contributed by atoms with Crippen molar-refractivity contribution >= 4 is 11.8 Å². The van der Waals surface area contributed by atoms with Crippen molar-refractivity contribution in [3.8, 4) is 0 Å². The van der Waals surface area contributed by atoms with Crippen molar-refractivity contribution in [3.63, 3.8) is 0 Å². The van der Waals surface area contributed by atoms with Crippen LogP contribution in [0.15, 0.2) is 0 Å². The Balaban J connectivity index is 4.09. The van der Waals surface area contributed by atoms with E-state index in [1.54, 1.807) is 13.8 Å². The Hall–Kier alpha value is -1.06. The first-order valence-electron chi connectivity index (χ1n) is 6.53. The van der Waals surface area contributed by atoms with E-state index in [2.05, 4.69) is 17.6 Å². The van der Waals surface area contributed by atoms with E-state index in [0.717, 1.165) is 25.7 Å². The van der Waals surface area contributed by atoms with Crippen molar-refractivity contribution in [1.29, 1.82) is 0 Å². The monoisotopic (exact) mass is 242 g/mol. The van der Waals surface area contributed by atoms with Crippen LogP contribution in [0.4, 0.5) is 0 Å². The van der Waals surface area contributed by atoms with E-state index in [4.69, 9.17) is 0 Å². The van der Waals surface area contributed by atoms with Crippen LogP contribution in [-0.2, 0) is 9.59 Å². The summed E-state index contributed by atoms with van der Waals surface area (Å²) >= 11 is 0. The largest absolute Gasteiger partial charge is 0.355 e. The van der Waals surface area contributed by atoms with E-state index < -0.39 is 5.41 Å². The molecule has 0 aliphatic heterocycles. The second-order valence-electron chi connectivity index (χ2n) is 4.84. The van der Waals surface area contributed by atoms with Gasteiger partial charge < -0.3 is 10.6 Å². The molecular weight excluding hydrogens is 216 g/mol. The molecule has 100 valence electrons. The molecule has 0 saturated heterocycles. The van der Waals surface area contributed by atoms with Crippen molar-refractivity contribution in [2.45, 2.75) is 53.4 Å². The molecule has 0 aliphatic carbocycles. The summed E-state index contributed by atoms with van der Waals surface area (Å²) in [5, 5.41) is 5.57. The fourth-order valence-corrected chi connectivity index (χ4v) is 1.36. The molecule has 0 atom stereocenters. The Labute approximate surface area is 105 Å². The zero-order chi connectivity index (χ0) is 13.3. The standard InChI is InChI=1S/C13H26N2O2/c1-5-7-8-10-15-12(17)13(3,4)11(16)14-9-6-2/h5-10H2,1-4H3,(H,14,16)(H,15,17). The third kappa shape index (κ3) is 5.71. The Bertz CT molecular complexity index is 250. The van der Waals surface area contributed by atoms with Gasteiger partial charge in [-0.3, -0.25) is 9.59 Å². The van der Waals surface area contributed by atoms with Crippen LogP contribution in [-0.4, -0.2) is 24.9 Å². The van der Waals surface area contributed by atoms with Crippen molar-refractivity contribution in [1.82, 2.24) is 10.6 Å². The zero-order valence-corrected chi connectivity index (χ0v) is 11.6. The van der Waals surface area contributed by atoms with Gasteiger partial charge >= 0.3 is 0 Å². The molecule has 0 aliphatic rings. The summed E-state index contributed by atoms with van der Waals surface area (Å²) in [4.78, 5) is 23.6. The molecule has 0 saturated carbocycles. The van der Waals surface area contributed by atoms with Gasteiger partial charge in [0.25, 0.3) is 0 Å². The summed E-state index contributed by atoms with van der Waals surface area (Å²) in [5.74, 6) is -0.394. The first-order chi connectivity index (χ1) is 7.96. The Morgan fingerprint density at radius 2 is 1.41 bits per heavy atom. The van der Waals surface area contributed by atoms with Gasteiger partial charge in [-0.2, -0.15) is 0 Å². The fourth-order valence-electron chi connectivity index (χ4n) is 1.36. The molecule has 2 N–H and O–H groups in total. The zero-order valence-electron chi connectivity index (χ0n) is 11.6. The van der Waals surface area contributed by atoms with Crippen LogP contribution < -0.4 is 10.6 Å². The number of carbonyl (C=O) groups excluding carboxylic acids is 2. The molecule has 0 heterocycles. The number of hydrogen-bond donors (Lipinski definition) is 2. The predicted octanol–water partition coefficient (Wildman–Crippen LogP) is 1.85. The number of nitrogens with one attached hydrogen (secondary N) is 2. The molecule has 0 spiro atoms. The molecule has 4 nitrogen and oxygen atoms in total. The van der Waals surface area contributed by atoms with Gasteiger partial charge in [-0.15, -0.1) is 0 Å². The average molecular weight is 242 g/mol. The maximum Gasteiger partial charge on any atom is 0.235 e. The lowest BCUT2D eigenvalue weighted by Gasteiger charge is -2.22. The number of carbonyl (C=O) groups is 2. The first-order valence-corrected chi connectivity index (χ1v) is 6.53. The van der Waals surface area contributed by atoms with Crippen LogP contribution in [0.1, 0.15) is 53.4 Å². The minimum absolute atomic E-state index is 0.192. The predicted molar refractivity (Wildman–Crippen MR) is 69.6 cm³/mol. The van der Waals surface area contributed by atoms with Crippen molar-refractivity contribution in [3.05, 3.63) is 0 Å². The van der Waals surface area contributed by atoms with Gasteiger partial charge in [-0.25, -0.2) is 0 Å². The minimum Gasteiger partial charge on any atom is -0.355 e. The maximum atomic E-state index is 11.9. The van der Waals surface area contributed by atoms with Crippen molar-refractivity contribution < 1.29 is 9.59 Å². The Morgan fingerprint density at radius 3 is 1.88 bits per heavy atom. The summed E-state index contributed by atoms with van der Waals surface area (Å²) in [7, 11) is 0. The molecule has 0 aromatic heterocycles. The van der Waals surface area contributed by atoms with Gasteiger partial charge in [-0.05, 0) is 26.7 Å². The summed E-state index contributed by atoms with van der Waals surface area (Å²) in [6.45, 7) is 8.69. The third-order valence-corrected chi connectivity index (χ3v) is 2.74. The number of amides is 2. The van der Waals surface area contributed by atoms with E-state index in [1.807, 2.05) is 6.92 Å². The van der Waals surface area contributed by atoms with Crippen molar-refractivity contribution in [2.24, 2.45) is 5.41 Å². The number of unbranched alkanes of at least 4 members (excludes halogenated alkanes) is 2. The highest BCUT2D eigenvalue weighted by Crippen LogP contribution is 2.15. The molecule has 0 radical (unpaired) electrons. The molecule has 17 heavy (non-hydrogen) atoms. The number of rotatable bonds is 8. The Kier molecular flexibility index (Phi) is 7.59. The summed E-state index contributed by atoms with van der Waals surface area (Å²) in [5.41, 5.74) is -0.985. The molecule has 2 amide bonds. The van der Waals surface area contributed by atoms with E-state index in [-0.39, 0.29) is 11.8 Å². The Morgan fingerprint density at radius 1 is 0.882 bits per heavy atom. The second kappa shape index (κ2) is 8.09. The highest BCUT2D eigenvalue weighted by atomic mass is 16.2. The van der Waals surface area contributed by atoms with Crippen LogP contribution in [0, 0.1) is 5.41 Å². The quantitative estimate of drug-likeness (QED) is 0.504. The molecule has 0 rings (SSSR count). The first kappa shape index (κ1) is 15.9. The summed E-state index contributed by atoms with van der Waals surface area (Å²) in [6.07, 6.45) is 4.06. The summed E-state index contributed by atoms with van der Waals surface area (Å²) < 4.78 is 0. The molecule has 0 fully saturated rings. The third-order valence-electron chi connectivity index (χ3n) is 2.74. The van der Waals surface area contributed by atoms with E-state index in [1.165, 1.54) is 0 Å². The van der Waals surface area contributed by atoms with Crippen molar-refractivity contribution in [2.75, 3.05) is 13.1 Å². The molecule has 4 heteroatoms. The summed E-state index contributed by atoms with van der Waals surface area (Å²) in [6, 6.07) is 0. The SMILES string of the molecule is CCCCCNC(=O)C(C)(C)C(=O)NCCC.